The Morgan fingerprint density at radius 3 is 2.62 bits per heavy atom. The fourth-order valence-electron chi connectivity index (χ4n) is 2.13. The summed E-state index contributed by atoms with van der Waals surface area (Å²) in [5.41, 5.74) is 0. The predicted octanol–water partition coefficient (Wildman–Crippen LogP) is 1.93. The van der Waals surface area contributed by atoms with Crippen molar-refractivity contribution in [1.82, 2.24) is 5.32 Å². The van der Waals surface area contributed by atoms with Crippen molar-refractivity contribution in [2.24, 2.45) is 5.92 Å². The van der Waals surface area contributed by atoms with Gasteiger partial charge in [0.15, 0.2) is 0 Å². The van der Waals surface area contributed by atoms with Gasteiger partial charge in [0.05, 0.1) is 6.61 Å². The van der Waals surface area contributed by atoms with E-state index in [4.69, 9.17) is 5.11 Å². The van der Waals surface area contributed by atoms with E-state index in [9.17, 15) is 0 Å². The summed E-state index contributed by atoms with van der Waals surface area (Å²) in [5, 5.41) is 12.4. The highest BCUT2D eigenvalue weighted by Gasteiger charge is 2.14. The van der Waals surface area contributed by atoms with Crippen LogP contribution in [0.15, 0.2) is 0 Å². The average Bonchev–Trinajstić information content (AvgIpc) is 2.65. The summed E-state index contributed by atoms with van der Waals surface area (Å²) in [6, 6.07) is 0.321. The van der Waals surface area contributed by atoms with Crippen LogP contribution in [0.2, 0.25) is 0 Å². The Morgan fingerprint density at radius 1 is 1.38 bits per heavy atom. The minimum atomic E-state index is 0.279. The Balaban J connectivity index is 1.98. The van der Waals surface area contributed by atoms with Crippen LogP contribution < -0.4 is 5.32 Å². The van der Waals surface area contributed by atoms with Crippen molar-refractivity contribution in [3.8, 4) is 0 Å². The second-order valence-corrected chi connectivity index (χ2v) is 4.18. The molecule has 0 spiro atoms. The molecule has 0 aromatic heterocycles. The molecule has 1 aliphatic carbocycles. The van der Waals surface area contributed by atoms with Gasteiger partial charge in [0.1, 0.15) is 0 Å². The topological polar surface area (TPSA) is 32.3 Å². The molecule has 0 aromatic carbocycles. The molecule has 1 rings (SSSR count). The van der Waals surface area contributed by atoms with E-state index >= 15 is 0 Å². The summed E-state index contributed by atoms with van der Waals surface area (Å²) in [6.45, 7) is 3.48. The highest BCUT2D eigenvalue weighted by atomic mass is 16.3. The lowest BCUT2D eigenvalue weighted by atomic mass is 10.0. The van der Waals surface area contributed by atoms with Crippen LogP contribution in [0.5, 0.6) is 0 Å². The summed E-state index contributed by atoms with van der Waals surface area (Å²) >= 11 is 0. The molecule has 13 heavy (non-hydrogen) atoms. The number of hydrogen-bond donors (Lipinski definition) is 2. The second kappa shape index (κ2) is 6.39. The first-order chi connectivity index (χ1) is 6.36. The van der Waals surface area contributed by atoms with Crippen LogP contribution in [0.1, 0.15) is 45.4 Å². The Bertz CT molecular complexity index is 115. The standard InChI is InChI=1S/C11H23NO/c1-2-11(9-13)12-8-7-10-5-3-4-6-10/h10-13H,2-9H2,1H3. The van der Waals surface area contributed by atoms with Gasteiger partial charge in [-0.3, -0.25) is 0 Å². The molecule has 0 bridgehead atoms. The zero-order valence-corrected chi connectivity index (χ0v) is 8.76. The Hall–Kier alpha value is -0.0800. The molecule has 2 N–H and O–H groups in total. The lowest BCUT2D eigenvalue weighted by molar-refractivity contribution is 0.236. The van der Waals surface area contributed by atoms with Gasteiger partial charge >= 0.3 is 0 Å². The Morgan fingerprint density at radius 2 is 2.08 bits per heavy atom. The van der Waals surface area contributed by atoms with Crippen LogP contribution >= 0.6 is 0 Å². The lowest BCUT2D eigenvalue weighted by Gasteiger charge is -2.15. The number of aliphatic hydroxyl groups excluding tert-OH is 1. The van der Waals surface area contributed by atoms with E-state index in [1.54, 1.807) is 0 Å². The molecule has 78 valence electrons. The van der Waals surface area contributed by atoms with E-state index in [1.165, 1.54) is 32.1 Å². The van der Waals surface area contributed by atoms with Gasteiger partial charge in [0, 0.05) is 6.04 Å². The van der Waals surface area contributed by atoms with Crippen molar-refractivity contribution in [2.45, 2.75) is 51.5 Å². The zero-order valence-electron chi connectivity index (χ0n) is 8.76. The van der Waals surface area contributed by atoms with Gasteiger partial charge in [0.25, 0.3) is 0 Å². The number of nitrogens with one attached hydrogen (secondary N) is 1. The van der Waals surface area contributed by atoms with Crippen molar-refractivity contribution in [2.75, 3.05) is 13.2 Å². The van der Waals surface area contributed by atoms with E-state index < -0.39 is 0 Å². The second-order valence-electron chi connectivity index (χ2n) is 4.18. The molecule has 0 aliphatic heterocycles. The fraction of sp³-hybridized carbons (Fsp3) is 1.00. The molecule has 1 saturated carbocycles. The third-order valence-corrected chi connectivity index (χ3v) is 3.17. The van der Waals surface area contributed by atoms with Crippen LogP contribution in [0, 0.1) is 5.92 Å². The molecule has 0 amide bonds. The largest absolute Gasteiger partial charge is 0.395 e. The highest BCUT2D eigenvalue weighted by molar-refractivity contribution is 4.70. The van der Waals surface area contributed by atoms with E-state index in [0.29, 0.717) is 6.04 Å². The maximum Gasteiger partial charge on any atom is 0.0584 e. The van der Waals surface area contributed by atoms with E-state index in [0.717, 1.165) is 18.9 Å². The molecule has 1 aliphatic rings. The summed E-state index contributed by atoms with van der Waals surface area (Å²) in [6.07, 6.45) is 8.05. The average molecular weight is 185 g/mol. The number of hydrogen-bond acceptors (Lipinski definition) is 2. The van der Waals surface area contributed by atoms with Gasteiger partial charge < -0.3 is 10.4 Å². The lowest BCUT2D eigenvalue weighted by Crippen LogP contribution is -2.33. The Labute approximate surface area is 81.7 Å². The maximum absolute atomic E-state index is 8.96. The summed E-state index contributed by atoms with van der Waals surface area (Å²) in [4.78, 5) is 0. The molecule has 1 atom stereocenters. The third kappa shape index (κ3) is 4.10. The van der Waals surface area contributed by atoms with E-state index in [-0.39, 0.29) is 6.61 Å². The zero-order chi connectivity index (χ0) is 9.52. The molecule has 0 saturated heterocycles. The smallest absolute Gasteiger partial charge is 0.0584 e. The van der Waals surface area contributed by atoms with Gasteiger partial charge in [-0.05, 0) is 25.3 Å². The third-order valence-electron chi connectivity index (χ3n) is 3.17. The molecule has 0 aromatic rings. The van der Waals surface area contributed by atoms with Crippen molar-refractivity contribution >= 4 is 0 Å². The van der Waals surface area contributed by atoms with Crippen molar-refractivity contribution in [1.29, 1.82) is 0 Å². The minimum absolute atomic E-state index is 0.279. The van der Waals surface area contributed by atoms with Gasteiger partial charge in [-0.25, -0.2) is 0 Å². The molecule has 2 heteroatoms. The molecular weight excluding hydrogens is 162 g/mol. The number of rotatable bonds is 6. The monoisotopic (exact) mass is 185 g/mol. The van der Waals surface area contributed by atoms with Crippen LogP contribution in [0.25, 0.3) is 0 Å². The molecule has 0 heterocycles. The van der Waals surface area contributed by atoms with Crippen molar-refractivity contribution in [3.63, 3.8) is 0 Å². The van der Waals surface area contributed by atoms with Crippen LogP contribution in [0.3, 0.4) is 0 Å². The normalized spacial score (nSPS) is 20.8. The van der Waals surface area contributed by atoms with Gasteiger partial charge in [-0.1, -0.05) is 32.6 Å². The minimum Gasteiger partial charge on any atom is -0.395 e. The van der Waals surface area contributed by atoms with E-state index in [1.807, 2.05) is 0 Å². The van der Waals surface area contributed by atoms with Crippen LogP contribution in [0.4, 0.5) is 0 Å². The van der Waals surface area contributed by atoms with Crippen molar-refractivity contribution in [3.05, 3.63) is 0 Å². The number of aliphatic hydroxyl groups is 1. The Kier molecular flexibility index (Phi) is 5.40. The van der Waals surface area contributed by atoms with Crippen molar-refractivity contribution < 1.29 is 5.11 Å². The maximum atomic E-state index is 8.96. The molecule has 1 unspecified atom stereocenters. The summed E-state index contributed by atoms with van der Waals surface area (Å²) in [5.74, 6) is 0.962. The first-order valence-corrected chi connectivity index (χ1v) is 5.71. The summed E-state index contributed by atoms with van der Waals surface area (Å²) in [7, 11) is 0. The molecule has 1 fully saturated rings. The fourth-order valence-corrected chi connectivity index (χ4v) is 2.13. The predicted molar refractivity (Wildman–Crippen MR) is 55.7 cm³/mol. The van der Waals surface area contributed by atoms with Crippen LogP contribution in [-0.4, -0.2) is 24.3 Å². The summed E-state index contributed by atoms with van der Waals surface area (Å²) < 4.78 is 0. The van der Waals surface area contributed by atoms with Crippen LogP contribution in [-0.2, 0) is 0 Å². The first kappa shape index (κ1) is 11.0. The SMILES string of the molecule is CCC(CO)NCCC1CCCC1. The quantitative estimate of drug-likeness (QED) is 0.662. The molecule has 2 nitrogen and oxygen atoms in total. The highest BCUT2D eigenvalue weighted by Crippen LogP contribution is 2.26. The first-order valence-electron chi connectivity index (χ1n) is 5.71. The van der Waals surface area contributed by atoms with E-state index in [2.05, 4.69) is 12.2 Å². The van der Waals surface area contributed by atoms with Gasteiger partial charge in [-0.15, -0.1) is 0 Å². The van der Waals surface area contributed by atoms with Gasteiger partial charge in [0.2, 0.25) is 0 Å². The molecule has 0 radical (unpaired) electrons. The van der Waals surface area contributed by atoms with Gasteiger partial charge in [-0.2, -0.15) is 0 Å². The molecular formula is C11H23NO.